The molecule has 0 radical (unpaired) electrons. The van der Waals surface area contributed by atoms with E-state index in [0.717, 1.165) is 25.3 Å². The van der Waals surface area contributed by atoms with Gasteiger partial charge in [-0.25, -0.2) is 9.59 Å². The molecular weight excluding hydrogens is 405 g/mol. The Bertz CT molecular complexity index is 894. The number of ether oxygens (including phenoxy) is 3. The van der Waals surface area contributed by atoms with Crippen LogP contribution in [0, 0.1) is 0 Å². The van der Waals surface area contributed by atoms with E-state index in [1.54, 1.807) is 0 Å². The molecule has 0 bridgehead atoms. The zero-order chi connectivity index (χ0) is 22.4. The second kappa shape index (κ2) is 9.80. The molecule has 0 fully saturated rings. The Morgan fingerprint density at radius 1 is 1.13 bits per heavy atom. The van der Waals surface area contributed by atoms with Gasteiger partial charge in [0.15, 0.2) is 11.9 Å². The molecule has 164 valence electrons. The van der Waals surface area contributed by atoms with Gasteiger partial charge in [0.2, 0.25) is 0 Å². The van der Waals surface area contributed by atoms with E-state index in [9.17, 15) is 22.8 Å². The predicted molar refractivity (Wildman–Crippen MR) is 101 cm³/mol. The van der Waals surface area contributed by atoms with Gasteiger partial charge < -0.3 is 18.6 Å². The molecule has 1 aromatic heterocycles. The van der Waals surface area contributed by atoms with E-state index in [4.69, 9.17) is 18.6 Å². The number of alkyl halides is 3. The largest absolute Gasteiger partial charge is 0.496 e. The van der Waals surface area contributed by atoms with Crippen LogP contribution in [-0.2, 0) is 19.9 Å². The number of carbonyl (C=O) groups is 1. The van der Waals surface area contributed by atoms with E-state index in [2.05, 4.69) is 0 Å². The molecule has 30 heavy (non-hydrogen) atoms. The van der Waals surface area contributed by atoms with Crippen molar-refractivity contribution in [1.82, 2.24) is 0 Å². The van der Waals surface area contributed by atoms with E-state index >= 15 is 0 Å². The second-order valence-electron chi connectivity index (χ2n) is 6.50. The number of esters is 1. The Balaban J connectivity index is 2.50. The third-order valence-electron chi connectivity index (χ3n) is 4.56. The number of methoxy groups -OCH3 is 2. The lowest BCUT2D eigenvalue weighted by molar-refractivity contribution is -0.278. The summed E-state index contributed by atoms with van der Waals surface area (Å²) in [7, 11) is 2.11. The summed E-state index contributed by atoms with van der Waals surface area (Å²) in [5.74, 6) is -1.63. The topological polar surface area (TPSA) is 75.0 Å². The van der Waals surface area contributed by atoms with Gasteiger partial charge in [0, 0.05) is 18.7 Å². The van der Waals surface area contributed by atoms with Crippen molar-refractivity contribution in [1.29, 1.82) is 0 Å². The van der Waals surface area contributed by atoms with Gasteiger partial charge in [-0.05, 0) is 12.8 Å². The maximum Gasteiger partial charge on any atom is 0.432 e. The minimum atomic E-state index is -5.11. The Labute approximate surface area is 171 Å². The average molecular weight is 428 g/mol. The lowest BCUT2D eigenvalue weighted by atomic mass is 9.92. The summed E-state index contributed by atoms with van der Waals surface area (Å²) in [6.07, 6.45) is -5.01. The van der Waals surface area contributed by atoms with Crippen LogP contribution < -0.4 is 10.4 Å². The minimum absolute atomic E-state index is 0.110. The van der Waals surface area contributed by atoms with Crippen LogP contribution in [0.2, 0.25) is 0 Å². The normalized spacial score (nSPS) is 14.6. The summed E-state index contributed by atoms with van der Waals surface area (Å²) in [4.78, 5) is 24.7. The molecule has 9 heteroatoms. The SMILES string of the molecule is CCCC[C@@H](OC(=O)[C@@](OC)(c1ccccc1)C(F)(F)F)c1cc(OC)cc(=O)o1. The van der Waals surface area contributed by atoms with E-state index in [0.29, 0.717) is 12.8 Å². The maximum absolute atomic E-state index is 14.1. The first-order valence-corrected chi connectivity index (χ1v) is 9.27. The Kier molecular flexibility index (Phi) is 7.66. The first kappa shape index (κ1) is 23.5. The Morgan fingerprint density at radius 3 is 2.33 bits per heavy atom. The van der Waals surface area contributed by atoms with Crippen molar-refractivity contribution < 1.29 is 36.6 Å². The zero-order valence-electron chi connectivity index (χ0n) is 16.8. The highest BCUT2D eigenvalue weighted by atomic mass is 19.4. The van der Waals surface area contributed by atoms with Crippen molar-refractivity contribution in [2.75, 3.05) is 14.2 Å². The predicted octanol–water partition coefficient (Wildman–Crippen LogP) is 4.53. The van der Waals surface area contributed by atoms with E-state index in [1.807, 2.05) is 6.92 Å². The fourth-order valence-electron chi connectivity index (χ4n) is 3.00. The molecule has 0 saturated heterocycles. The van der Waals surface area contributed by atoms with Gasteiger partial charge in [0.1, 0.15) is 5.75 Å². The zero-order valence-corrected chi connectivity index (χ0v) is 16.8. The minimum Gasteiger partial charge on any atom is -0.496 e. The summed E-state index contributed by atoms with van der Waals surface area (Å²) in [5, 5.41) is 0. The molecule has 0 amide bonds. The van der Waals surface area contributed by atoms with Crippen LogP contribution in [0.1, 0.15) is 43.6 Å². The molecule has 0 unspecified atom stereocenters. The molecule has 2 aromatic rings. The van der Waals surface area contributed by atoms with Crippen molar-refractivity contribution >= 4 is 5.97 Å². The number of rotatable bonds is 9. The molecule has 0 aliphatic heterocycles. The molecule has 6 nitrogen and oxygen atoms in total. The van der Waals surface area contributed by atoms with Crippen LogP contribution in [0.15, 0.2) is 51.7 Å². The number of halogens is 3. The first-order chi connectivity index (χ1) is 14.2. The van der Waals surface area contributed by atoms with Crippen molar-refractivity contribution in [3.05, 3.63) is 64.2 Å². The van der Waals surface area contributed by atoms with Crippen molar-refractivity contribution in [2.45, 2.75) is 44.1 Å². The monoisotopic (exact) mass is 428 g/mol. The summed E-state index contributed by atoms with van der Waals surface area (Å²) in [6, 6.07) is 8.87. The fourth-order valence-corrected chi connectivity index (χ4v) is 3.00. The highest BCUT2D eigenvalue weighted by molar-refractivity contribution is 5.83. The average Bonchev–Trinajstić information content (AvgIpc) is 2.71. The van der Waals surface area contributed by atoms with E-state index in [-0.39, 0.29) is 17.9 Å². The number of unbranched alkanes of at least 4 members (excludes halogenated alkanes) is 1. The lowest BCUT2D eigenvalue weighted by Crippen LogP contribution is -2.52. The van der Waals surface area contributed by atoms with Gasteiger partial charge in [-0.2, -0.15) is 13.2 Å². The van der Waals surface area contributed by atoms with Gasteiger partial charge in [-0.3, -0.25) is 0 Å². The third kappa shape index (κ3) is 4.84. The van der Waals surface area contributed by atoms with Gasteiger partial charge in [-0.15, -0.1) is 0 Å². The standard InChI is InChI=1S/C21H23F3O6/c1-4-5-11-16(17-12-15(27-2)13-18(25)29-17)30-19(26)20(28-3,21(22,23)24)14-9-7-6-8-10-14/h6-10,12-13,16H,4-5,11H2,1-3H3/t16-,20+/m1/s1. The smallest absolute Gasteiger partial charge is 0.432 e. The van der Waals surface area contributed by atoms with Gasteiger partial charge >= 0.3 is 17.8 Å². The first-order valence-electron chi connectivity index (χ1n) is 9.27. The van der Waals surface area contributed by atoms with Crippen molar-refractivity contribution in [3.8, 4) is 5.75 Å². The summed E-state index contributed by atoms with van der Waals surface area (Å²) in [5.41, 5.74) is -4.54. The lowest BCUT2D eigenvalue weighted by Gasteiger charge is -2.33. The highest BCUT2D eigenvalue weighted by Gasteiger charge is 2.64. The molecule has 2 atom stereocenters. The highest BCUT2D eigenvalue weighted by Crippen LogP contribution is 2.44. The van der Waals surface area contributed by atoms with Crippen LogP contribution in [0.4, 0.5) is 13.2 Å². The van der Waals surface area contributed by atoms with Crippen LogP contribution in [0.5, 0.6) is 5.75 Å². The van der Waals surface area contributed by atoms with Crippen LogP contribution in [-0.4, -0.2) is 26.4 Å². The van der Waals surface area contributed by atoms with E-state index < -0.39 is 35.0 Å². The number of benzene rings is 1. The van der Waals surface area contributed by atoms with Crippen LogP contribution in [0.25, 0.3) is 0 Å². The number of hydrogen-bond donors (Lipinski definition) is 0. The number of carbonyl (C=O) groups excluding carboxylic acids is 1. The molecule has 1 aromatic carbocycles. The van der Waals surface area contributed by atoms with Gasteiger partial charge in [-0.1, -0.05) is 43.7 Å². The second-order valence-corrected chi connectivity index (χ2v) is 6.50. The third-order valence-corrected chi connectivity index (χ3v) is 4.56. The molecule has 0 N–H and O–H groups in total. The van der Waals surface area contributed by atoms with Crippen LogP contribution in [0.3, 0.4) is 0 Å². The molecule has 0 spiro atoms. The molecule has 0 aliphatic rings. The molecular formula is C21H23F3O6. The summed E-state index contributed by atoms with van der Waals surface area (Å²) < 4.78 is 62.3. The quantitative estimate of drug-likeness (QED) is 0.547. The Morgan fingerprint density at radius 2 is 1.80 bits per heavy atom. The molecule has 0 saturated carbocycles. The molecule has 1 heterocycles. The van der Waals surface area contributed by atoms with Crippen molar-refractivity contribution in [3.63, 3.8) is 0 Å². The Hall–Kier alpha value is -2.81. The summed E-state index contributed by atoms with van der Waals surface area (Å²) >= 11 is 0. The van der Waals surface area contributed by atoms with Crippen molar-refractivity contribution in [2.24, 2.45) is 0 Å². The van der Waals surface area contributed by atoms with E-state index in [1.165, 1.54) is 31.4 Å². The van der Waals surface area contributed by atoms with Crippen LogP contribution >= 0.6 is 0 Å². The van der Waals surface area contributed by atoms with Gasteiger partial charge in [0.05, 0.1) is 13.2 Å². The summed E-state index contributed by atoms with van der Waals surface area (Å²) in [6.45, 7) is 1.86. The maximum atomic E-state index is 14.1. The van der Waals surface area contributed by atoms with Gasteiger partial charge in [0.25, 0.3) is 5.60 Å². The fraction of sp³-hybridized carbons (Fsp3) is 0.429. The molecule has 0 aliphatic carbocycles. The number of hydrogen-bond acceptors (Lipinski definition) is 6. The molecule has 2 rings (SSSR count).